The number of hydrogen-bond donors (Lipinski definition) is 2. The van der Waals surface area contributed by atoms with E-state index in [1.165, 1.54) is 32.1 Å². The molecule has 0 aromatic heterocycles. The summed E-state index contributed by atoms with van der Waals surface area (Å²) in [4.78, 5) is 20.5. The lowest BCUT2D eigenvalue weighted by Crippen LogP contribution is -2.39. The molecule has 0 saturated heterocycles. The number of hydrogen-bond acceptors (Lipinski definition) is 2. The van der Waals surface area contributed by atoms with Crippen LogP contribution in [-0.4, -0.2) is 19.4 Å². The van der Waals surface area contributed by atoms with E-state index >= 15 is 0 Å². The van der Waals surface area contributed by atoms with Crippen LogP contribution in [0.5, 0.6) is 0 Å². The molecule has 3 aliphatic rings. The zero-order valence-corrected chi connectivity index (χ0v) is 19.3. The average Bonchev–Trinajstić information content (AvgIpc) is 3.23. The van der Waals surface area contributed by atoms with E-state index in [4.69, 9.17) is 10.5 Å². The number of allylic oxidation sites excluding steroid dienone is 2. The average molecular weight is 393 g/mol. The van der Waals surface area contributed by atoms with Gasteiger partial charge in [0.1, 0.15) is 0 Å². The number of nitrogens with two attached hydrogens (primary N) is 1. The van der Waals surface area contributed by atoms with Gasteiger partial charge >= 0.3 is 0 Å². The topological polar surface area (TPSA) is 72.2 Å². The van der Waals surface area contributed by atoms with Crippen LogP contribution in [0.2, 0.25) is 0 Å². The molecule has 0 radical (unpaired) electrons. The predicted octanol–water partition coefficient (Wildman–Crippen LogP) is 4.93. The van der Waals surface area contributed by atoms with E-state index in [9.17, 15) is 4.79 Å². The van der Waals surface area contributed by atoms with Crippen molar-refractivity contribution in [1.29, 1.82) is 0 Å². The molecule has 0 aromatic carbocycles. The van der Waals surface area contributed by atoms with Crippen molar-refractivity contribution >= 4 is 12.3 Å². The molecular weight excluding hydrogens is 348 g/mol. The van der Waals surface area contributed by atoms with Crippen LogP contribution in [-0.2, 0) is 9.59 Å². The molecule has 28 heavy (non-hydrogen) atoms. The molecule has 4 nitrogen and oxygen atoms in total. The normalized spacial score (nSPS) is 29.2. The predicted molar refractivity (Wildman–Crippen MR) is 118 cm³/mol. The standard InChI is InChI=1S/C12H19NO.C10H20.C2H5NO/c1-12(2,3)10-8-5-4-7(6-8)9(10)11(13)14;1-10(2,3)9-7-5-4-6-8-9;1-3-2-4/h4-5,7-10H,6H2,1-3H3,(H2,13,14);9H,4-8H2,1-3H3;2H,1H3,(H,3,4). The second-order valence-electron chi connectivity index (χ2n) is 10.9. The van der Waals surface area contributed by atoms with Crippen LogP contribution in [0.3, 0.4) is 0 Å². The van der Waals surface area contributed by atoms with Crippen LogP contribution >= 0.6 is 0 Å². The number of rotatable bonds is 2. The summed E-state index contributed by atoms with van der Waals surface area (Å²) < 4.78 is 0. The Hall–Kier alpha value is -1.32. The third kappa shape index (κ3) is 6.93. The minimum atomic E-state index is -0.109. The van der Waals surface area contributed by atoms with Gasteiger partial charge in [0.15, 0.2) is 0 Å². The highest BCUT2D eigenvalue weighted by Crippen LogP contribution is 2.54. The zero-order valence-electron chi connectivity index (χ0n) is 19.3. The first-order valence-corrected chi connectivity index (χ1v) is 11.0. The van der Waals surface area contributed by atoms with Crippen molar-refractivity contribution in [2.75, 3.05) is 7.05 Å². The van der Waals surface area contributed by atoms with E-state index in [0.29, 0.717) is 29.6 Å². The summed E-state index contributed by atoms with van der Waals surface area (Å²) in [6.07, 6.45) is 13.6. The van der Waals surface area contributed by atoms with E-state index in [2.05, 4.69) is 59.0 Å². The van der Waals surface area contributed by atoms with E-state index < -0.39 is 0 Å². The first-order valence-electron chi connectivity index (χ1n) is 11.0. The Labute approximate surface area is 173 Å². The third-order valence-corrected chi connectivity index (χ3v) is 6.74. The van der Waals surface area contributed by atoms with Crippen molar-refractivity contribution in [2.24, 2.45) is 46.2 Å². The van der Waals surface area contributed by atoms with Gasteiger partial charge in [-0.1, -0.05) is 73.0 Å². The Morgan fingerprint density at radius 2 is 1.46 bits per heavy atom. The van der Waals surface area contributed by atoms with Crippen molar-refractivity contribution in [3.8, 4) is 0 Å². The Morgan fingerprint density at radius 1 is 0.964 bits per heavy atom. The van der Waals surface area contributed by atoms with Gasteiger partial charge in [-0.05, 0) is 53.8 Å². The SMILES string of the molecule is CC(C)(C)C1C2C=CC(C2)C1C(N)=O.CC(C)(C)C1CCCCC1.CNC=O. The van der Waals surface area contributed by atoms with Crippen LogP contribution in [0.4, 0.5) is 0 Å². The van der Waals surface area contributed by atoms with Gasteiger partial charge in [-0.15, -0.1) is 0 Å². The molecule has 3 aliphatic carbocycles. The summed E-state index contributed by atoms with van der Waals surface area (Å²) in [5.41, 5.74) is 6.25. The van der Waals surface area contributed by atoms with Crippen LogP contribution in [0.1, 0.15) is 80.1 Å². The van der Waals surface area contributed by atoms with Crippen molar-refractivity contribution < 1.29 is 9.59 Å². The quantitative estimate of drug-likeness (QED) is 0.516. The molecule has 162 valence electrons. The van der Waals surface area contributed by atoms with Crippen molar-refractivity contribution in [3.63, 3.8) is 0 Å². The molecule has 2 saturated carbocycles. The van der Waals surface area contributed by atoms with Crippen LogP contribution < -0.4 is 11.1 Å². The van der Waals surface area contributed by atoms with Gasteiger partial charge in [0.2, 0.25) is 12.3 Å². The molecule has 0 heterocycles. The summed E-state index contributed by atoms with van der Waals surface area (Å²) in [5.74, 6) is 2.40. The molecule has 4 heteroatoms. The molecule has 4 unspecified atom stereocenters. The minimum absolute atomic E-state index is 0.0741. The highest BCUT2D eigenvalue weighted by Gasteiger charge is 2.51. The second-order valence-corrected chi connectivity index (χ2v) is 10.9. The molecule has 3 N–H and O–H groups in total. The van der Waals surface area contributed by atoms with Gasteiger partial charge in [0, 0.05) is 13.0 Å². The van der Waals surface area contributed by atoms with Crippen molar-refractivity contribution in [1.82, 2.24) is 5.32 Å². The van der Waals surface area contributed by atoms with Gasteiger partial charge in [-0.3, -0.25) is 9.59 Å². The lowest BCUT2D eigenvalue weighted by molar-refractivity contribution is -0.125. The molecule has 2 amide bonds. The van der Waals surface area contributed by atoms with E-state index in [1.807, 2.05) is 0 Å². The van der Waals surface area contributed by atoms with Crippen LogP contribution in [0.25, 0.3) is 0 Å². The van der Waals surface area contributed by atoms with E-state index in [0.717, 1.165) is 12.3 Å². The first-order chi connectivity index (χ1) is 12.9. The summed E-state index contributed by atoms with van der Waals surface area (Å²) in [6.45, 7) is 13.8. The number of primary amides is 1. The number of nitrogens with one attached hydrogen (secondary N) is 1. The Bertz CT molecular complexity index is 522. The second kappa shape index (κ2) is 10.5. The molecule has 0 aromatic rings. The van der Waals surface area contributed by atoms with Crippen molar-refractivity contribution in [2.45, 2.75) is 80.1 Å². The number of carbonyl (C=O) groups is 2. The molecule has 0 spiro atoms. The fourth-order valence-electron chi connectivity index (χ4n) is 5.36. The molecule has 3 rings (SSSR count). The molecule has 0 aliphatic heterocycles. The van der Waals surface area contributed by atoms with E-state index in [1.54, 1.807) is 7.05 Å². The highest BCUT2D eigenvalue weighted by molar-refractivity contribution is 5.78. The molecule has 4 atom stereocenters. The van der Waals surface area contributed by atoms with Crippen LogP contribution in [0, 0.1) is 40.4 Å². The largest absolute Gasteiger partial charge is 0.369 e. The van der Waals surface area contributed by atoms with Crippen molar-refractivity contribution in [3.05, 3.63) is 12.2 Å². The smallest absolute Gasteiger partial charge is 0.221 e. The maximum Gasteiger partial charge on any atom is 0.221 e. The highest BCUT2D eigenvalue weighted by atomic mass is 16.1. The van der Waals surface area contributed by atoms with E-state index in [-0.39, 0.29) is 17.2 Å². The summed E-state index contributed by atoms with van der Waals surface area (Å²) in [6, 6.07) is 0. The monoisotopic (exact) mass is 392 g/mol. The lowest BCUT2D eigenvalue weighted by Gasteiger charge is -2.36. The maximum absolute atomic E-state index is 11.4. The number of amides is 2. The maximum atomic E-state index is 11.4. The fraction of sp³-hybridized carbons (Fsp3) is 0.833. The molecule has 2 bridgehead atoms. The molecule has 2 fully saturated rings. The van der Waals surface area contributed by atoms with Gasteiger partial charge in [-0.2, -0.15) is 0 Å². The van der Waals surface area contributed by atoms with Gasteiger partial charge < -0.3 is 11.1 Å². The summed E-state index contributed by atoms with van der Waals surface area (Å²) in [7, 11) is 1.56. The summed E-state index contributed by atoms with van der Waals surface area (Å²) >= 11 is 0. The third-order valence-electron chi connectivity index (χ3n) is 6.74. The lowest BCUT2D eigenvalue weighted by atomic mass is 9.68. The number of fused-ring (bicyclic) bond motifs is 2. The number of carbonyl (C=O) groups excluding carboxylic acids is 2. The Kier molecular flexibility index (Phi) is 9.23. The molecular formula is C24H44N2O2. The first kappa shape index (κ1) is 24.7. The Morgan fingerprint density at radius 3 is 1.79 bits per heavy atom. The fourth-order valence-corrected chi connectivity index (χ4v) is 5.36. The summed E-state index contributed by atoms with van der Waals surface area (Å²) in [5, 5.41) is 2.25. The van der Waals surface area contributed by atoms with Crippen LogP contribution in [0.15, 0.2) is 12.2 Å². The van der Waals surface area contributed by atoms with Gasteiger partial charge in [0.25, 0.3) is 0 Å². The van der Waals surface area contributed by atoms with Gasteiger partial charge in [-0.25, -0.2) is 0 Å². The minimum Gasteiger partial charge on any atom is -0.369 e. The Balaban J connectivity index is 0.000000245. The van der Waals surface area contributed by atoms with Gasteiger partial charge in [0.05, 0.1) is 0 Å². The zero-order chi connectivity index (χ0) is 21.5.